The molecule has 11 heteroatoms. The Morgan fingerprint density at radius 3 is 2.59 bits per heavy atom. The highest BCUT2D eigenvalue weighted by molar-refractivity contribution is 7.00. The number of benzene rings is 3. The van der Waals surface area contributed by atoms with Gasteiger partial charge in [-0.05, 0) is 42.8 Å². The van der Waals surface area contributed by atoms with Gasteiger partial charge in [0, 0.05) is 36.2 Å². The predicted octanol–water partition coefficient (Wildman–Crippen LogP) is 5.50. The molecule has 0 radical (unpaired) electrons. The van der Waals surface area contributed by atoms with Crippen LogP contribution in [0.2, 0.25) is 0 Å². The number of para-hydroxylation sites is 1. The largest absolute Gasteiger partial charge is 0.497 e. The Kier molecular flexibility index (Phi) is 6.80. The minimum atomic E-state index is -1.12. The Labute approximate surface area is 238 Å². The van der Waals surface area contributed by atoms with Gasteiger partial charge in [-0.3, -0.25) is 0 Å². The molecule has 1 N–H and O–H groups in total. The van der Waals surface area contributed by atoms with Gasteiger partial charge in [0.25, 0.3) is 0 Å². The number of nitrogens with zero attached hydrogens (tertiary/aromatic N) is 4. The molecule has 3 aromatic heterocycles. The number of rotatable bonds is 9. The van der Waals surface area contributed by atoms with Gasteiger partial charge in [0.15, 0.2) is 6.61 Å². The molecule has 6 rings (SSSR count). The number of aryl methyl sites for hydroxylation is 1. The molecule has 3 aromatic carbocycles. The Balaban J connectivity index is 1.70. The number of methoxy groups -OCH3 is 1. The minimum absolute atomic E-state index is 0.183. The van der Waals surface area contributed by atoms with E-state index in [0.29, 0.717) is 29.1 Å². The van der Waals surface area contributed by atoms with Crippen LogP contribution in [-0.2, 0) is 23.1 Å². The number of aliphatic carboxylic acids is 1. The highest BCUT2D eigenvalue weighted by Crippen LogP contribution is 2.45. The summed E-state index contributed by atoms with van der Waals surface area (Å²) in [6.45, 7) is 1.74. The maximum absolute atomic E-state index is 13.8. The number of hydrogen-bond acceptors (Lipinski definition) is 8. The molecule has 0 saturated heterocycles. The molecule has 0 spiro atoms. The standard InChI is InChI=1S/C30H26N4O6S/c1-4-39-30(37)29-26(20-11-10-18(38-3)14-24(20)40-16-25(35)36)28-27(19-7-5-6-8-23(19)33(28)2)34(29)15-17-9-12-21-22(13-17)32-41-31-21/h5-14H,4,15-16H2,1-3H3,(H,35,36). The zero-order valence-electron chi connectivity index (χ0n) is 22.6. The average molecular weight is 571 g/mol. The van der Waals surface area contributed by atoms with Crippen molar-refractivity contribution in [1.29, 1.82) is 0 Å². The topological polar surface area (TPSA) is 118 Å². The third-order valence-electron chi connectivity index (χ3n) is 7.03. The van der Waals surface area contributed by atoms with Crippen LogP contribution in [0.3, 0.4) is 0 Å². The van der Waals surface area contributed by atoms with Crippen molar-refractivity contribution in [2.24, 2.45) is 7.05 Å². The molecule has 6 aromatic rings. The van der Waals surface area contributed by atoms with E-state index in [2.05, 4.69) is 8.75 Å². The van der Waals surface area contributed by atoms with Crippen molar-refractivity contribution in [3.63, 3.8) is 0 Å². The fraction of sp³-hybridized carbons (Fsp3) is 0.200. The van der Waals surface area contributed by atoms with E-state index < -0.39 is 18.5 Å². The second-order valence-corrected chi connectivity index (χ2v) is 9.96. The Morgan fingerprint density at radius 1 is 1.00 bits per heavy atom. The number of hydrogen-bond donors (Lipinski definition) is 1. The van der Waals surface area contributed by atoms with Crippen LogP contribution >= 0.6 is 11.7 Å². The second kappa shape index (κ2) is 10.6. The van der Waals surface area contributed by atoms with E-state index >= 15 is 0 Å². The fourth-order valence-electron chi connectivity index (χ4n) is 5.32. The zero-order chi connectivity index (χ0) is 28.7. The SMILES string of the molecule is CCOC(=O)c1c(-c2ccc(OC)cc2OCC(=O)O)c2c(c3ccccc3n2C)n1Cc1ccc2nsnc2c1. The lowest BCUT2D eigenvalue weighted by Gasteiger charge is -2.15. The first-order valence-corrected chi connectivity index (χ1v) is 13.6. The number of fused-ring (bicyclic) bond motifs is 4. The van der Waals surface area contributed by atoms with Crippen molar-refractivity contribution < 1.29 is 28.9 Å². The number of carbonyl (C=O) groups excluding carboxylic acids is 1. The van der Waals surface area contributed by atoms with Gasteiger partial charge in [0.05, 0.1) is 42.0 Å². The van der Waals surface area contributed by atoms with Crippen LogP contribution in [0.25, 0.3) is 44.1 Å². The van der Waals surface area contributed by atoms with Crippen LogP contribution in [0.4, 0.5) is 0 Å². The van der Waals surface area contributed by atoms with Crippen LogP contribution < -0.4 is 9.47 Å². The third-order valence-corrected chi connectivity index (χ3v) is 7.59. The number of ether oxygens (including phenoxy) is 3. The van der Waals surface area contributed by atoms with Gasteiger partial charge in [-0.25, -0.2) is 9.59 Å². The first-order valence-electron chi connectivity index (χ1n) is 12.9. The van der Waals surface area contributed by atoms with E-state index in [1.165, 1.54) is 7.11 Å². The van der Waals surface area contributed by atoms with Crippen LogP contribution in [0.15, 0.2) is 60.7 Å². The number of carboxylic acid groups (broad SMARTS) is 1. The summed E-state index contributed by atoms with van der Waals surface area (Å²) in [4.78, 5) is 25.3. The molecule has 10 nitrogen and oxygen atoms in total. The van der Waals surface area contributed by atoms with Crippen LogP contribution in [0.5, 0.6) is 11.5 Å². The molecule has 0 aliphatic carbocycles. The Morgan fingerprint density at radius 2 is 1.80 bits per heavy atom. The molecule has 0 aliphatic heterocycles. The van der Waals surface area contributed by atoms with Crippen LogP contribution in [-0.4, -0.2) is 55.2 Å². The lowest BCUT2D eigenvalue weighted by atomic mass is 10.0. The lowest BCUT2D eigenvalue weighted by Crippen LogP contribution is -2.15. The van der Waals surface area contributed by atoms with Gasteiger partial charge < -0.3 is 28.5 Å². The molecular formula is C30H26N4O6S. The van der Waals surface area contributed by atoms with Crippen molar-refractivity contribution >= 4 is 56.6 Å². The van der Waals surface area contributed by atoms with Gasteiger partial charge >= 0.3 is 11.9 Å². The molecular weight excluding hydrogens is 544 g/mol. The fourth-order valence-corrected chi connectivity index (χ4v) is 5.84. The third kappa shape index (κ3) is 4.53. The molecule has 0 saturated carbocycles. The Bertz CT molecular complexity index is 1950. The smallest absolute Gasteiger partial charge is 0.355 e. The van der Waals surface area contributed by atoms with Crippen molar-refractivity contribution in [3.05, 3.63) is 71.9 Å². The second-order valence-electron chi connectivity index (χ2n) is 9.44. The zero-order valence-corrected chi connectivity index (χ0v) is 23.4. The first-order chi connectivity index (χ1) is 19.9. The molecule has 0 unspecified atom stereocenters. The molecule has 41 heavy (non-hydrogen) atoms. The number of carboxylic acids is 1. The molecule has 0 atom stereocenters. The quantitative estimate of drug-likeness (QED) is 0.227. The van der Waals surface area contributed by atoms with Gasteiger partial charge in [-0.1, -0.05) is 24.3 Å². The molecule has 0 fully saturated rings. The summed E-state index contributed by atoms with van der Waals surface area (Å²) in [6, 6.07) is 19.0. The predicted molar refractivity (Wildman–Crippen MR) is 156 cm³/mol. The highest BCUT2D eigenvalue weighted by Gasteiger charge is 2.31. The van der Waals surface area contributed by atoms with Gasteiger partial charge in [-0.15, -0.1) is 0 Å². The van der Waals surface area contributed by atoms with E-state index in [9.17, 15) is 14.7 Å². The van der Waals surface area contributed by atoms with Crippen LogP contribution in [0, 0.1) is 0 Å². The van der Waals surface area contributed by atoms with Crippen molar-refractivity contribution in [2.75, 3.05) is 20.3 Å². The normalized spacial score (nSPS) is 11.4. The summed E-state index contributed by atoms with van der Waals surface area (Å²) in [6.07, 6.45) is 0. The highest BCUT2D eigenvalue weighted by atomic mass is 32.1. The van der Waals surface area contributed by atoms with Crippen molar-refractivity contribution in [1.82, 2.24) is 17.9 Å². The first kappa shape index (κ1) is 26.3. The summed E-state index contributed by atoms with van der Waals surface area (Å²) in [5, 5.41) is 10.3. The van der Waals surface area contributed by atoms with Crippen LogP contribution in [0.1, 0.15) is 23.0 Å². The number of carbonyl (C=O) groups is 2. The summed E-state index contributed by atoms with van der Waals surface area (Å²) in [5.74, 6) is -0.857. The summed E-state index contributed by atoms with van der Waals surface area (Å²) < 4.78 is 29.5. The van der Waals surface area contributed by atoms with E-state index in [4.69, 9.17) is 14.2 Å². The van der Waals surface area contributed by atoms with Crippen molar-refractivity contribution in [2.45, 2.75) is 13.5 Å². The molecule has 0 amide bonds. The maximum Gasteiger partial charge on any atom is 0.355 e. The molecule has 3 heterocycles. The molecule has 0 aliphatic rings. The monoisotopic (exact) mass is 570 g/mol. The summed E-state index contributed by atoms with van der Waals surface area (Å²) >= 11 is 1.15. The van der Waals surface area contributed by atoms with E-state index in [0.717, 1.165) is 50.3 Å². The van der Waals surface area contributed by atoms with Crippen molar-refractivity contribution in [3.8, 4) is 22.6 Å². The minimum Gasteiger partial charge on any atom is -0.497 e. The van der Waals surface area contributed by atoms with E-state index in [1.54, 1.807) is 25.1 Å². The van der Waals surface area contributed by atoms with E-state index in [-0.39, 0.29) is 12.4 Å². The summed E-state index contributed by atoms with van der Waals surface area (Å²) in [7, 11) is 3.47. The Hall–Kier alpha value is -4.90. The maximum atomic E-state index is 13.8. The molecule has 0 bridgehead atoms. The van der Waals surface area contributed by atoms with E-state index in [1.807, 2.05) is 58.6 Å². The van der Waals surface area contributed by atoms with Gasteiger partial charge in [-0.2, -0.15) is 8.75 Å². The average Bonchev–Trinajstić information content (AvgIpc) is 3.65. The van der Waals surface area contributed by atoms with Gasteiger partial charge in [0.1, 0.15) is 28.2 Å². The number of aromatic nitrogens is 4. The lowest BCUT2D eigenvalue weighted by molar-refractivity contribution is -0.139. The summed E-state index contributed by atoms with van der Waals surface area (Å²) in [5.41, 5.74) is 6.60. The van der Waals surface area contributed by atoms with Gasteiger partial charge in [0.2, 0.25) is 0 Å². The number of esters is 1. The molecule has 208 valence electrons.